The molecule has 0 spiro atoms. The molecule has 1 N–H and O–H groups in total. The maximum Gasteiger partial charge on any atom is 0.197 e. The number of hydrogen-bond acceptors (Lipinski definition) is 3. The van der Waals surface area contributed by atoms with Gasteiger partial charge in [-0.25, -0.2) is 0 Å². The van der Waals surface area contributed by atoms with Gasteiger partial charge >= 0.3 is 0 Å². The average Bonchev–Trinajstić information content (AvgIpc) is 2.74. The molecule has 0 aliphatic carbocycles. The summed E-state index contributed by atoms with van der Waals surface area (Å²) in [4.78, 5) is 3.99. The van der Waals surface area contributed by atoms with Gasteiger partial charge in [0, 0.05) is 24.0 Å². The van der Waals surface area contributed by atoms with E-state index in [1.54, 1.807) is 18.7 Å². The molecule has 0 saturated carbocycles. The van der Waals surface area contributed by atoms with E-state index in [2.05, 4.69) is 10.3 Å². The molecular formula is C12H13ClN2O. The highest BCUT2D eigenvalue weighted by molar-refractivity contribution is 6.29. The molecule has 0 fully saturated rings. The summed E-state index contributed by atoms with van der Waals surface area (Å²) in [5.74, 6) is 0. The lowest BCUT2D eigenvalue weighted by molar-refractivity contribution is 0.544. The normalized spacial score (nSPS) is 12.6. The van der Waals surface area contributed by atoms with Crippen molar-refractivity contribution in [1.82, 2.24) is 10.3 Å². The molecule has 16 heavy (non-hydrogen) atoms. The standard InChI is InChI=1S/C12H13ClN2O/c1-14-11(10-4-7-16-12(10)13)8-9-2-5-15-6-3-9/h2-7,11,14H,8H2,1H3. The molecule has 0 aromatic carbocycles. The number of rotatable bonds is 4. The zero-order chi connectivity index (χ0) is 11.4. The second kappa shape index (κ2) is 5.14. The predicted octanol–water partition coefficient (Wildman–Crippen LogP) is 2.83. The first-order valence-electron chi connectivity index (χ1n) is 5.10. The van der Waals surface area contributed by atoms with Crippen LogP contribution in [-0.2, 0) is 6.42 Å². The minimum absolute atomic E-state index is 0.161. The number of aromatic nitrogens is 1. The fourth-order valence-corrected chi connectivity index (χ4v) is 1.92. The lowest BCUT2D eigenvalue weighted by atomic mass is 10.0. The van der Waals surface area contributed by atoms with Crippen molar-refractivity contribution in [3.8, 4) is 0 Å². The number of halogens is 1. The zero-order valence-corrected chi connectivity index (χ0v) is 9.74. The van der Waals surface area contributed by atoms with Crippen molar-refractivity contribution < 1.29 is 4.42 Å². The summed E-state index contributed by atoms with van der Waals surface area (Å²) < 4.78 is 5.10. The van der Waals surface area contributed by atoms with E-state index >= 15 is 0 Å². The van der Waals surface area contributed by atoms with Gasteiger partial charge in [0.2, 0.25) is 0 Å². The van der Waals surface area contributed by atoms with Crippen LogP contribution in [0.4, 0.5) is 0 Å². The molecule has 4 heteroatoms. The third-order valence-corrected chi connectivity index (χ3v) is 2.87. The smallest absolute Gasteiger partial charge is 0.197 e. The first-order chi connectivity index (χ1) is 7.81. The van der Waals surface area contributed by atoms with E-state index in [0.717, 1.165) is 12.0 Å². The fraction of sp³-hybridized carbons (Fsp3) is 0.250. The van der Waals surface area contributed by atoms with Crippen LogP contribution in [0.2, 0.25) is 5.22 Å². The van der Waals surface area contributed by atoms with E-state index < -0.39 is 0 Å². The van der Waals surface area contributed by atoms with Gasteiger partial charge in [0.25, 0.3) is 0 Å². The molecule has 0 aliphatic rings. The van der Waals surface area contributed by atoms with Crippen LogP contribution in [-0.4, -0.2) is 12.0 Å². The maximum absolute atomic E-state index is 5.96. The van der Waals surface area contributed by atoms with Crippen molar-refractivity contribution in [3.63, 3.8) is 0 Å². The highest BCUT2D eigenvalue weighted by Crippen LogP contribution is 2.26. The van der Waals surface area contributed by atoms with Crippen molar-refractivity contribution in [2.75, 3.05) is 7.05 Å². The zero-order valence-electron chi connectivity index (χ0n) is 8.98. The third-order valence-electron chi connectivity index (χ3n) is 2.56. The minimum atomic E-state index is 0.161. The van der Waals surface area contributed by atoms with Crippen LogP contribution >= 0.6 is 11.6 Å². The average molecular weight is 237 g/mol. The Labute approximate surface area is 99.5 Å². The molecule has 0 saturated heterocycles. The number of hydrogen-bond donors (Lipinski definition) is 1. The SMILES string of the molecule is CNC(Cc1ccncc1)c1ccoc1Cl. The third kappa shape index (κ3) is 2.43. The Kier molecular flexibility index (Phi) is 3.59. The van der Waals surface area contributed by atoms with Gasteiger partial charge in [-0.15, -0.1) is 0 Å². The lowest BCUT2D eigenvalue weighted by Gasteiger charge is -2.14. The van der Waals surface area contributed by atoms with Gasteiger partial charge < -0.3 is 9.73 Å². The van der Waals surface area contributed by atoms with Crippen molar-refractivity contribution >= 4 is 11.6 Å². The molecule has 1 atom stereocenters. The van der Waals surface area contributed by atoms with Gasteiger partial charge in [-0.3, -0.25) is 4.98 Å². The van der Waals surface area contributed by atoms with E-state index in [9.17, 15) is 0 Å². The van der Waals surface area contributed by atoms with Gasteiger partial charge in [-0.1, -0.05) is 0 Å². The van der Waals surface area contributed by atoms with Gasteiger partial charge in [0.1, 0.15) is 0 Å². The molecule has 0 radical (unpaired) electrons. The van der Waals surface area contributed by atoms with Crippen LogP contribution in [0.3, 0.4) is 0 Å². The summed E-state index contributed by atoms with van der Waals surface area (Å²) in [6, 6.07) is 6.05. The largest absolute Gasteiger partial charge is 0.453 e. The fourth-order valence-electron chi connectivity index (χ4n) is 1.68. The molecule has 2 aromatic heterocycles. The molecule has 0 amide bonds. The first-order valence-corrected chi connectivity index (χ1v) is 5.48. The second-order valence-electron chi connectivity index (χ2n) is 3.55. The number of likely N-dealkylation sites (N-methyl/N-ethyl adjacent to an activating group) is 1. The Morgan fingerprint density at radius 1 is 1.38 bits per heavy atom. The van der Waals surface area contributed by atoms with Gasteiger partial charge in [-0.2, -0.15) is 0 Å². The molecule has 0 aliphatic heterocycles. The molecule has 2 heterocycles. The number of furan rings is 1. The summed E-state index contributed by atoms with van der Waals surface area (Å²) in [5, 5.41) is 3.68. The summed E-state index contributed by atoms with van der Waals surface area (Å²) in [6.07, 6.45) is 6.05. The molecule has 3 nitrogen and oxygen atoms in total. The van der Waals surface area contributed by atoms with Gasteiger partial charge in [0.15, 0.2) is 5.22 Å². The van der Waals surface area contributed by atoms with Crippen LogP contribution in [0, 0.1) is 0 Å². The molecule has 1 unspecified atom stereocenters. The number of nitrogens with zero attached hydrogens (tertiary/aromatic N) is 1. The molecule has 2 rings (SSSR count). The van der Waals surface area contributed by atoms with E-state index in [4.69, 9.17) is 16.0 Å². The lowest BCUT2D eigenvalue weighted by Crippen LogP contribution is -2.18. The van der Waals surface area contributed by atoms with Crippen LogP contribution < -0.4 is 5.32 Å². The van der Waals surface area contributed by atoms with E-state index in [1.807, 2.05) is 25.2 Å². The summed E-state index contributed by atoms with van der Waals surface area (Å²) >= 11 is 5.96. The topological polar surface area (TPSA) is 38.1 Å². The van der Waals surface area contributed by atoms with Crippen molar-refractivity contribution in [2.24, 2.45) is 0 Å². The van der Waals surface area contributed by atoms with Crippen LogP contribution in [0.1, 0.15) is 17.2 Å². The van der Waals surface area contributed by atoms with E-state index in [1.165, 1.54) is 5.56 Å². The number of nitrogens with one attached hydrogen (secondary N) is 1. The Hall–Kier alpha value is -1.32. The Balaban J connectivity index is 2.16. The summed E-state index contributed by atoms with van der Waals surface area (Å²) in [7, 11) is 1.91. The molecule has 0 bridgehead atoms. The molecular weight excluding hydrogens is 224 g/mol. The van der Waals surface area contributed by atoms with Crippen LogP contribution in [0.15, 0.2) is 41.3 Å². The summed E-state index contributed by atoms with van der Waals surface area (Å²) in [6.45, 7) is 0. The van der Waals surface area contributed by atoms with Crippen molar-refractivity contribution in [3.05, 3.63) is 53.2 Å². The van der Waals surface area contributed by atoms with Gasteiger partial charge in [-0.05, 0) is 48.8 Å². The summed E-state index contributed by atoms with van der Waals surface area (Å²) in [5.41, 5.74) is 2.20. The monoisotopic (exact) mass is 236 g/mol. The Morgan fingerprint density at radius 3 is 2.69 bits per heavy atom. The number of pyridine rings is 1. The predicted molar refractivity (Wildman–Crippen MR) is 63.5 cm³/mol. The Morgan fingerprint density at radius 2 is 2.12 bits per heavy atom. The van der Waals surface area contributed by atoms with Crippen LogP contribution in [0.25, 0.3) is 0 Å². The molecule has 84 valence electrons. The highest BCUT2D eigenvalue weighted by Gasteiger charge is 2.15. The van der Waals surface area contributed by atoms with Crippen LogP contribution in [0.5, 0.6) is 0 Å². The van der Waals surface area contributed by atoms with Crippen molar-refractivity contribution in [2.45, 2.75) is 12.5 Å². The Bertz CT molecular complexity index is 441. The minimum Gasteiger partial charge on any atom is -0.453 e. The second-order valence-corrected chi connectivity index (χ2v) is 3.89. The highest BCUT2D eigenvalue weighted by atomic mass is 35.5. The first kappa shape index (κ1) is 11.2. The molecule has 2 aromatic rings. The van der Waals surface area contributed by atoms with Gasteiger partial charge in [0.05, 0.1) is 6.26 Å². The van der Waals surface area contributed by atoms with E-state index in [-0.39, 0.29) is 6.04 Å². The van der Waals surface area contributed by atoms with E-state index in [0.29, 0.717) is 5.22 Å². The quantitative estimate of drug-likeness (QED) is 0.887. The van der Waals surface area contributed by atoms with Crippen molar-refractivity contribution in [1.29, 1.82) is 0 Å². The maximum atomic E-state index is 5.96.